The molecule has 0 aliphatic carbocycles. The van der Waals surface area contributed by atoms with Gasteiger partial charge in [-0.15, -0.1) is 0 Å². The zero-order valence-electron chi connectivity index (χ0n) is 12.7. The highest BCUT2D eigenvalue weighted by Crippen LogP contribution is 2.20. The first-order valence-electron chi connectivity index (χ1n) is 6.86. The zero-order valence-corrected chi connectivity index (χ0v) is 7.73. The average molecular weight is 209 g/mol. The van der Waals surface area contributed by atoms with Crippen molar-refractivity contribution in [1.29, 1.82) is 0 Å². The third kappa shape index (κ3) is 1.58. The Morgan fingerprint density at radius 2 is 2.20 bits per heavy atom. The minimum Gasteiger partial charge on any atom is -0.322 e. The van der Waals surface area contributed by atoms with Gasteiger partial charge in [-0.3, -0.25) is 9.69 Å². The van der Waals surface area contributed by atoms with Crippen molar-refractivity contribution in [1.82, 2.24) is 10.2 Å². The first-order valence-corrected chi connectivity index (χ1v) is 4.36. The number of nitrogens with one attached hydrogen (secondary N) is 1. The monoisotopic (exact) mass is 209 g/mol. The third-order valence-corrected chi connectivity index (χ3v) is 2.18. The van der Waals surface area contributed by atoms with Gasteiger partial charge in [0, 0.05) is 13.4 Å². The SMILES string of the molecule is [2H]C([2H])([2H])C([2H])([2H])N1C(=O)NC(c2ccccc2)C1=O. The van der Waals surface area contributed by atoms with Gasteiger partial charge in [-0.2, -0.15) is 0 Å². The number of hydrogen-bond donors (Lipinski definition) is 1. The third-order valence-electron chi connectivity index (χ3n) is 2.18. The molecule has 0 bridgehead atoms. The minimum atomic E-state index is -3.12. The second-order valence-electron chi connectivity index (χ2n) is 3.08. The van der Waals surface area contributed by atoms with Crippen molar-refractivity contribution in [3.63, 3.8) is 0 Å². The molecule has 0 aromatic heterocycles. The Morgan fingerprint density at radius 1 is 1.47 bits per heavy atom. The Balaban J connectivity index is 2.36. The number of amides is 3. The van der Waals surface area contributed by atoms with Gasteiger partial charge < -0.3 is 5.32 Å². The number of rotatable bonds is 2. The largest absolute Gasteiger partial charge is 0.325 e. The molecule has 78 valence electrons. The van der Waals surface area contributed by atoms with Crippen LogP contribution in [-0.4, -0.2) is 23.3 Å². The number of carbonyl (C=O) groups excluding carboxylic acids is 2. The van der Waals surface area contributed by atoms with Crippen LogP contribution in [0.4, 0.5) is 4.79 Å². The lowest BCUT2D eigenvalue weighted by atomic mass is 10.1. The van der Waals surface area contributed by atoms with E-state index >= 15 is 0 Å². The van der Waals surface area contributed by atoms with E-state index in [1.165, 1.54) is 0 Å². The lowest BCUT2D eigenvalue weighted by Gasteiger charge is -2.09. The summed E-state index contributed by atoms with van der Waals surface area (Å²) in [6.07, 6.45) is 0. The van der Waals surface area contributed by atoms with Crippen LogP contribution in [0, 0.1) is 0 Å². The van der Waals surface area contributed by atoms with E-state index in [1.807, 2.05) is 0 Å². The van der Waals surface area contributed by atoms with Gasteiger partial charge in [-0.25, -0.2) is 4.79 Å². The molecular weight excluding hydrogens is 192 g/mol. The normalized spacial score (nSPS) is 27.3. The maximum atomic E-state index is 12.2. The molecule has 1 N–H and O–H groups in total. The Bertz CT molecular complexity index is 543. The highest BCUT2D eigenvalue weighted by atomic mass is 16.2. The molecule has 1 aliphatic heterocycles. The summed E-state index contributed by atoms with van der Waals surface area (Å²) >= 11 is 0. The summed E-state index contributed by atoms with van der Waals surface area (Å²) < 4.78 is 36.5. The highest BCUT2D eigenvalue weighted by molar-refractivity contribution is 6.04. The van der Waals surface area contributed by atoms with Crippen LogP contribution in [0.25, 0.3) is 0 Å². The van der Waals surface area contributed by atoms with Gasteiger partial charge >= 0.3 is 6.03 Å². The number of likely N-dealkylation sites (N-methyl/N-ethyl adjacent to an activating group) is 1. The maximum absolute atomic E-state index is 12.2. The lowest BCUT2D eigenvalue weighted by molar-refractivity contribution is -0.127. The molecule has 1 saturated heterocycles. The van der Waals surface area contributed by atoms with Crippen molar-refractivity contribution in [2.75, 3.05) is 6.50 Å². The summed E-state index contributed by atoms with van der Waals surface area (Å²) in [5.41, 5.74) is 0.467. The Labute approximate surface area is 94.9 Å². The molecule has 4 nitrogen and oxygen atoms in total. The van der Waals surface area contributed by atoms with Crippen LogP contribution >= 0.6 is 0 Å². The molecule has 1 aliphatic rings. The van der Waals surface area contributed by atoms with Crippen molar-refractivity contribution < 1.29 is 16.4 Å². The summed E-state index contributed by atoms with van der Waals surface area (Å²) in [4.78, 5) is 24.1. The molecule has 1 aromatic carbocycles. The van der Waals surface area contributed by atoms with E-state index in [1.54, 1.807) is 30.3 Å². The molecule has 0 radical (unpaired) electrons. The van der Waals surface area contributed by atoms with Crippen molar-refractivity contribution in [3.05, 3.63) is 35.9 Å². The molecule has 4 heteroatoms. The topological polar surface area (TPSA) is 49.4 Å². The average Bonchev–Trinajstić information content (AvgIpc) is 2.65. The van der Waals surface area contributed by atoms with Gasteiger partial charge in [-0.05, 0) is 12.4 Å². The van der Waals surface area contributed by atoms with Crippen LogP contribution in [-0.2, 0) is 4.79 Å². The van der Waals surface area contributed by atoms with Gasteiger partial charge in [-0.1, -0.05) is 30.3 Å². The Morgan fingerprint density at radius 3 is 2.87 bits per heavy atom. The first kappa shape index (κ1) is 5.30. The molecule has 1 fully saturated rings. The van der Waals surface area contributed by atoms with E-state index in [9.17, 15) is 9.59 Å². The van der Waals surface area contributed by atoms with Crippen LogP contribution in [0.3, 0.4) is 0 Å². The fourth-order valence-corrected chi connectivity index (χ4v) is 1.46. The fourth-order valence-electron chi connectivity index (χ4n) is 1.46. The van der Waals surface area contributed by atoms with Gasteiger partial charge in [0.15, 0.2) is 0 Å². The van der Waals surface area contributed by atoms with Crippen LogP contribution in [0.5, 0.6) is 0 Å². The summed E-state index contributed by atoms with van der Waals surface area (Å²) in [7, 11) is 0. The second-order valence-corrected chi connectivity index (χ2v) is 3.08. The van der Waals surface area contributed by atoms with E-state index in [2.05, 4.69) is 5.32 Å². The lowest BCUT2D eigenvalue weighted by Crippen LogP contribution is -2.30. The number of nitrogens with zero attached hydrogens (tertiary/aromatic N) is 1. The van der Waals surface area contributed by atoms with E-state index in [0.29, 0.717) is 5.56 Å². The number of hydrogen-bond acceptors (Lipinski definition) is 2. The number of urea groups is 1. The maximum Gasteiger partial charge on any atom is 0.325 e. The first-order chi connectivity index (χ1) is 9.16. The predicted octanol–water partition coefficient (Wildman–Crippen LogP) is 1.30. The summed E-state index contributed by atoms with van der Waals surface area (Å²) in [5.74, 6) is -0.915. The highest BCUT2D eigenvalue weighted by Gasteiger charge is 2.37. The second kappa shape index (κ2) is 3.73. The zero-order chi connectivity index (χ0) is 15.1. The Hall–Kier alpha value is -1.84. The predicted molar refractivity (Wildman–Crippen MR) is 55.1 cm³/mol. The van der Waals surface area contributed by atoms with Crippen LogP contribution in [0.15, 0.2) is 30.3 Å². The van der Waals surface area contributed by atoms with Crippen molar-refractivity contribution in [2.24, 2.45) is 0 Å². The van der Waals surface area contributed by atoms with Crippen molar-refractivity contribution >= 4 is 11.9 Å². The molecule has 0 spiro atoms. The minimum absolute atomic E-state index is 0.137. The van der Waals surface area contributed by atoms with Crippen molar-refractivity contribution in [3.8, 4) is 0 Å². The molecule has 0 saturated carbocycles. The molecule has 1 heterocycles. The number of carbonyl (C=O) groups is 2. The molecule has 1 atom stereocenters. The van der Waals surface area contributed by atoms with E-state index in [0.717, 1.165) is 0 Å². The summed E-state index contributed by atoms with van der Waals surface area (Å²) in [6, 6.07) is 6.12. The Kier molecular flexibility index (Phi) is 1.32. The smallest absolute Gasteiger partial charge is 0.322 e. The van der Waals surface area contributed by atoms with Crippen molar-refractivity contribution in [2.45, 2.75) is 12.9 Å². The van der Waals surface area contributed by atoms with E-state index in [-0.39, 0.29) is 4.90 Å². The van der Waals surface area contributed by atoms with Crippen LogP contribution in [0.1, 0.15) is 25.3 Å². The molecular formula is C11H12N2O2. The molecule has 3 amide bonds. The van der Waals surface area contributed by atoms with Gasteiger partial charge in [0.2, 0.25) is 0 Å². The summed E-state index contributed by atoms with van der Waals surface area (Å²) in [5, 5.41) is 2.30. The van der Waals surface area contributed by atoms with E-state index in [4.69, 9.17) is 6.85 Å². The summed E-state index contributed by atoms with van der Waals surface area (Å²) in [6.45, 7) is -6.18. The van der Waals surface area contributed by atoms with Gasteiger partial charge in [0.05, 0.1) is 0 Å². The molecule has 15 heavy (non-hydrogen) atoms. The van der Waals surface area contributed by atoms with Crippen LogP contribution in [0.2, 0.25) is 0 Å². The molecule has 1 aromatic rings. The standard InChI is InChI=1S/C11H12N2O2/c1-2-13-10(14)9(12-11(13)15)8-6-4-3-5-7-8/h3-7,9H,2H2,1H3,(H,12,15)/i1D3,2D2. The molecule has 2 rings (SSSR count). The van der Waals surface area contributed by atoms with E-state index < -0.39 is 31.3 Å². The molecule has 1 unspecified atom stereocenters. The fraction of sp³-hybridized carbons (Fsp3) is 0.273. The quantitative estimate of drug-likeness (QED) is 0.746. The van der Waals surface area contributed by atoms with Gasteiger partial charge in [0.25, 0.3) is 5.91 Å². The van der Waals surface area contributed by atoms with Gasteiger partial charge in [0.1, 0.15) is 6.04 Å². The number of benzene rings is 1. The number of imide groups is 1. The van der Waals surface area contributed by atoms with Crippen LogP contribution < -0.4 is 5.32 Å².